The third-order valence-corrected chi connectivity index (χ3v) is 0. The molecule has 0 aromatic carbocycles. The quantitative estimate of drug-likeness (QED) is 0.618. The van der Waals surface area contributed by atoms with Crippen LogP contribution in [0.4, 0.5) is 0 Å². The molecule has 0 aliphatic heterocycles. The first-order valence-corrected chi connectivity index (χ1v) is 14.1. The van der Waals surface area contributed by atoms with E-state index >= 15 is 0 Å². The molecule has 5 heavy (non-hydrogen) atoms. The normalized spacial score (nSPS) is 2.00. The van der Waals surface area contributed by atoms with Crippen LogP contribution in [-0.2, 0) is 22.1 Å². The van der Waals surface area contributed by atoms with Crippen molar-refractivity contribution < 1.29 is 22.1 Å². The van der Waals surface area contributed by atoms with Crippen molar-refractivity contribution in [1.29, 1.82) is 0 Å². The Morgan fingerprint density at radius 2 is 1.00 bits per heavy atom. The van der Waals surface area contributed by atoms with Crippen molar-refractivity contribution in [2.24, 2.45) is 0 Å². The van der Waals surface area contributed by atoms with E-state index in [-0.39, 0.29) is 12.3 Å². The van der Waals surface area contributed by atoms with E-state index < -0.39 is 22.1 Å². The predicted molar refractivity (Wildman–Crippen MR) is 22.3 cm³/mol. The molecule has 4 N–H and O–H groups in total. The molecule has 0 aliphatic rings. The molecule has 0 unspecified atom stereocenters. The van der Waals surface area contributed by atoms with E-state index in [2.05, 4.69) is 0 Å². The van der Waals surface area contributed by atoms with Gasteiger partial charge in [0.2, 0.25) is 0 Å². The molecular formula is H4Cl2HgN2-2. The maximum absolute atomic E-state index is 4.99. The molecule has 0 saturated carbocycles. The maximum Gasteiger partial charge on any atom is -0.693 e. The summed E-state index contributed by atoms with van der Waals surface area (Å²) in [5.74, 6) is 0. The van der Waals surface area contributed by atoms with E-state index in [0.29, 0.717) is 0 Å². The smallest absolute Gasteiger partial charge is 0.693 e. The second kappa shape index (κ2) is 18.0. The Kier molecular flexibility index (Phi) is 58.1. The summed E-state index contributed by atoms with van der Waals surface area (Å²) in [6.45, 7) is 0. The number of hydrogen-bond donors (Lipinski definition) is 0. The van der Waals surface area contributed by atoms with E-state index in [0.717, 1.165) is 0 Å². The Morgan fingerprint density at radius 1 is 1.00 bits per heavy atom. The maximum atomic E-state index is 4.99. The predicted octanol–water partition coefficient (Wildman–Crippen LogP) is 2.81. The number of hydrogen-bond acceptors (Lipinski definition) is 0. The minimum atomic E-state index is -1.14. The van der Waals surface area contributed by atoms with Gasteiger partial charge in [-0.3, -0.25) is 0 Å². The van der Waals surface area contributed by atoms with Gasteiger partial charge in [0.05, 0.1) is 0 Å². The van der Waals surface area contributed by atoms with Gasteiger partial charge in [0.25, 0.3) is 0 Å². The van der Waals surface area contributed by atoms with Crippen LogP contribution < -0.4 is 0 Å². The largest absolute Gasteiger partial charge is 0.693 e. The average molecular weight is 304 g/mol. The van der Waals surface area contributed by atoms with Crippen LogP contribution in [0.3, 0.4) is 0 Å². The number of rotatable bonds is 0. The van der Waals surface area contributed by atoms with Crippen LogP contribution in [0.15, 0.2) is 0 Å². The van der Waals surface area contributed by atoms with Crippen molar-refractivity contribution in [3.8, 4) is 0 Å². The van der Waals surface area contributed by atoms with Gasteiger partial charge in [-0.15, -0.1) is 0 Å². The van der Waals surface area contributed by atoms with E-state index in [1.54, 1.807) is 0 Å². The summed E-state index contributed by atoms with van der Waals surface area (Å²) < 4.78 is 0. The zero-order chi connectivity index (χ0) is 2.71. The minimum absolute atomic E-state index is 0. The topological polar surface area (TPSA) is 67.0 Å². The Labute approximate surface area is 50.7 Å². The molecule has 0 heterocycles. The molecule has 0 bridgehead atoms. The third kappa shape index (κ3) is 31.1. The molecule has 2 nitrogen and oxygen atoms in total. The van der Waals surface area contributed by atoms with Crippen LogP contribution in [0.1, 0.15) is 0 Å². The fraction of sp³-hybridized carbons (Fsp3) is 0. The summed E-state index contributed by atoms with van der Waals surface area (Å²) in [5, 5.41) is 0. The fourth-order valence-corrected chi connectivity index (χ4v) is 0. The van der Waals surface area contributed by atoms with Crippen molar-refractivity contribution >= 4 is 16.5 Å². The van der Waals surface area contributed by atoms with Gasteiger partial charge in [-0.25, -0.2) is 0 Å². The van der Waals surface area contributed by atoms with E-state index in [9.17, 15) is 0 Å². The summed E-state index contributed by atoms with van der Waals surface area (Å²) in [4.78, 5) is 0. The zero-order valence-electron chi connectivity index (χ0n) is 2.62. The second-order valence-corrected chi connectivity index (χ2v) is 7.98. The molecule has 0 saturated heterocycles. The molecular weight excluding hydrogens is 300 g/mol. The van der Waals surface area contributed by atoms with Crippen molar-refractivity contribution in [2.75, 3.05) is 0 Å². The Hall–Kier alpha value is 1.44. The molecule has 0 rings (SSSR count). The van der Waals surface area contributed by atoms with Crippen LogP contribution >= 0.6 is 16.5 Å². The first kappa shape index (κ1) is 16.1. The molecule has 0 radical (unpaired) electrons. The summed E-state index contributed by atoms with van der Waals surface area (Å²) >= 11 is -1.14. The van der Waals surface area contributed by atoms with E-state index in [4.69, 9.17) is 16.5 Å². The summed E-state index contributed by atoms with van der Waals surface area (Å²) in [6, 6.07) is 0. The molecule has 5 heteroatoms. The zero-order valence-corrected chi connectivity index (χ0v) is 9.63. The van der Waals surface area contributed by atoms with Crippen molar-refractivity contribution in [1.82, 2.24) is 0 Å². The molecule has 0 aromatic rings. The van der Waals surface area contributed by atoms with Gasteiger partial charge < -0.3 is 12.3 Å². The van der Waals surface area contributed by atoms with Crippen molar-refractivity contribution in [3.05, 3.63) is 12.3 Å². The van der Waals surface area contributed by atoms with Crippen LogP contribution in [0.5, 0.6) is 0 Å². The molecule has 0 atom stereocenters. The van der Waals surface area contributed by atoms with Gasteiger partial charge in [0.1, 0.15) is 0 Å². The van der Waals surface area contributed by atoms with Crippen molar-refractivity contribution in [2.45, 2.75) is 0 Å². The number of nitrogens with two attached hydrogens (primary N) is 2. The van der Waals surface area contributed by atoms with Gasteiger partial charge in [-0.1, -0.05) is 0 Å². The van der Waals surface area contributed by atoms with Crippen LogP contribution in [0, 0.1) is 0 Å². The Bertz CT molecular complexity index is 7.61. The van der Waals surface area contributed by atoms with Gasteiger partial charge in [-0.2, -0.15) is 0 Å². The molecule has 0 aliphatic carbocycles. The van der Waals surface area contributed by atoms with Gasteiger partial charge in [-0.05, 0) is 0 Å². The van der Waals surface area contributed by atoms with Crippen LogP contribution in [0.2, 0.25) is 0 Å². The van der Waals surface area contributed by atoms with Gasteiger partial charge in [0, 0.05) is 0 Å². The molecule has 0 aromatic heterocycles. The minimum Gasteiger partial charge on any atom is -0.693 e. The first-order chi connectivity index (χ1) is 1.41. The van der Waals surface area contributed by atoms with Crippen molar-refractivity contribution in [3.63, 3.8) is 0 Å². The Balaban J connectivity index is -0.0000000200. The summed E-state index contributed by atoms with van der Waals surface area (Å²) in [6.07, 6.45) is 0. The monoisotopic (exact) mass is 304 g/mol. The molecule has 0 spiro atoms. The fourth-order valence-electron chi connectivity index (χ4n) is 0. The van der Waals surface area contributed by atoms with E-state index in [1.807, 2.05) is 0 Å². The summed E-state index contributed by atoms with van der Waals surface area (Å²) in [5.41, 5.74) is 0. The number of halogens is 2. The van der Waals surface area contributed by atoms with Crippen LogP contribution in [0.25, 0.3) is 12.3 Å². The second-order valence-electron chi connectivity index (χ2n) is 0.101. The molecule has 0 fully saturated rings. The summed E-state index contributed by atoms with van der Waals surface area (Å²) in [7, 11) is 9.97. The SMILES string of the molecule is [Cl][Hg][Cl].[NH2-].[NH2-]. The Morgan fingerprint density at radius 3 is 1.00 bits per heavy atom. The first-order valence-electron chi connectivity index (χ1n) is 0.535. The third-order valence-electron chi connectivity index (χ3n) is 0. The average Bonchev–Trinajstić information content (AvgIpc) is 0.918. The molecule has 32 valence electrons. The van der Waals surface area contributed by atoms with Gasteiger partial charge in [0.15, 0.2) is 0 Å². The van der Waals surface area contributed by atoms with Crippen LogP contribution in [-0.4, -0.2) is 0 Å². The van der Waals surface area contributed by atoms with E-state index in [1.165, 1.54) is 0 Å². The van der Waals surface area contributed by atoms with Gasteiger partial charge >= 0.3 is 38.6 Å². The molecule has 0 amide bonds. The standard InChI is InChI=1S/2ClH.Hg.2H2N/h2*1H;;2*1H2/q;;+2;2*-1/p-2.